The van der Waals surface area contributed by atoms with Crippen LogP contribution in [0.15, 0.2) is 12.1 Å². The fraction of sp³-hybridized carbons (Fsp3) is 0.562. The molecule has 0 heterocycles. The van der Waals surface area contributed by atoms with Gasteiger partial charge in [0.1, 0.15) is 0 Å². The highest BCUT2D eigenvalue weighted by Gasteiger charge is 2.09. The van der Waals surface area contributed by atoms with Crippen molar-refractivity contribution >= 4 is 34.6 Å². The fourth-order valence-electron chi connectivity index (χ4n) is 2.22. The third kappa shape index (κ3) is 5.68. The van der Waals surface area contributed by atoms with E-state index < -0.39 is 0 Å². The highest BCUT2D eigenvalue weighted by atomic mass is 35.5. The first-order valence-corrected chi connectivity index (χ1v) is 8.07. The number of unbranched alkanes of at least 4 members (excludes halogenated alkanes) is 2. The van der Waals surface area contributed by atoms with Crippen molar-refractivity contribution in [3.63, 3.8) is 0 Å². The van der Waals surface area contributed by atoms with Gasteiger partial charge in [0.2, 0.25) is 0 Å². The zero-order valence-electron chi connectivity index (χ0n) is 12.8. The number of hydrogen-bond acceptors (Lipinski definition) is 1. The monoisotopic (exact) mass is 312 g/mol. The molecule has 0 aromatic heterocycles. The van der Waals surface area contributed by atoms with Crippen molar-refractivity contribution < 1.29 is 0 Å². The van der Waals surface area contributed by atoms with Crippen molar-refractivity contribution in [2.75, 3.05) is 5.32 Å². The lowest BCUT2D eigenvalue weighted by Gasteiger charge is -2.18. The van der Waals surface area contributed by atoms with Crippen LogP contribution in [0, 0.1) is 13.8 Å². The van der Waals surface area contributed by atoms with Crippen molar-refractivity contribution in [2.45, 2.75) is 59.4 Å². The van der Waals surface area contributed by atoms with Gasteiger partial charge in [-0.1, -0.05) is 43.9 Å². The lowest BCUT2D eigenvalue weighted by atomic mass is 10.1. The molecule has 0 bridgehead atoms. The van der Waals surface area contributed by atoms with Crippen molar-refractivity contribution in [3.8, 4) is 0 Å². The van der Waals surface area contributed by atoms with Crippen LogP contribution in [-0.2, 0) is 0 Å². The number of thiocarbonyl (C=S) groups is 1. The van der Waals surface area contributed by atoms with Gasteiger partial charge in [0.25, 0.3) is 0 Å². The van der Waals surface area contributed by atoms with Crippen LogP contribution in [0.4, 0.5) is 5.69 Å². The first kappa shape index (κ1) is 17.3. The van der Waals surface area contributed by atoms with E-state index in [4.69, 9.17) is 23.8 Å². The van der Waals surface area contributed by atoms with Crippen LogP contribution in [0.2, 0.25) is 5.02 Å². The Labute approximate surface area is 133 Å². The van der Waals surface area contributed by atoms with E-state index in [1.54, 1.807) is 0 Å². The molecule has 2 nitrogen and oxygen atoms in total. The van der Waals surface area contributed by atoms with Gasteiger partial charge in [-0.3, -0.25) is 0 Å². The molecule has 0 spiro atoms. The van der Waals surface area contributed by atoms with Gasteiger partial charge >= 0.3 is 0 Å². The molecular formula is C16H25ClN2S. The highest BCUT2D eigenvalue weighted by molar-refractivity contribution is 7.80. The second-order valence-electron chi connectivity index (χ2n) is 5.43. The summed E-state index contributed by atoms with van der Waals surface area (Å²) in [6.07, 6.45) is 4.89. The third-order valence-electron chi connectivity index (χ3n) is 3.29. The summed E-state index contributed by atoms with van der Waals surface area (Å²) in [6, 6.07) is 4.43. The topological polar surface area (TPSA) is 24.1 Å². The summed E-state index contributed by atoms with van der Waals surface area (Å²) < 4.78 is 0. The molecular weight excluding hydrogens is 288 g/mol. The molecule has 0 radical (unpaired) electrons. The first-order valence-electron chi connectivity index (χ1n) is 7.28. The summed E-state index contributed by atoms with van der Waals surface area (Å²) in [4.78, 5) is 0. The lowest BCUT2D eigenvalue weighted by molar-refractivity contribution is 0.556. The molecule has 112 valence electrons. The second-order valence-corrected chi connectivity index (χ2v) is 6.25. The number of halogens is 1. The van der Waals surface area contributed by atoms with E-state index in [2.05, 4.69) is 30.5 Å². The normalized spacial score (nSPS) is 12.1. The van der Waals surface area contributed by atoms with E-state index in [9.17, 15) is 0 Å². The third-order valence-corrected chi connectivity index (χ3v) is 3.81. The molecule has 20 heavy (non-hydrogen) atoms. The number of anilines is 1. The molecule has 0 fully saturated rings. The van der Waals surface area contributed by atoms with E-state index in [0.717, 1.165) is 23.2 Å². The molecule has 0 unspecified atom stereocenters. The summed E-state index contributed by atoms with van der Waals surface area (Å²) in [5.41, 5.74) is 3.16. The van der Waals surface area contributed by atoms with E-state index in [0.29, 0.717) is 16.2 Å². The molecule has 2 N–H and O–H groups in total. The van der Waals surface area contributed by atoms with E-state index in [-0.39, 0.29) is 0 Å². The van der Waals surface area contributed by atoms with Gasteiger partial charge in [-0.15, -0.1) is 0 Å². The van der Waals surface area contributed by atoms with Crippen LogP contribution in [0.3, 0.4) is 0 Å². The minimum Gasteiger partial charge on any atom is -0.360 e. The number of benzene rings is 1. The number of aryl methyl sites for hydroxylation is 2. The predicted molar refractivity (Wildman–Crippen MR) is 93.9 cm³/mol. The van der Waals surface area contributed by atoms with Crippen LogP contribution in [0.5, 0.6) is 0 Å². The zero-order valence-corrected chi connectivity index (χ0v) is 14.4. The second kappa shape index (κ2) is 8.48. The first-order chi connectivity index (χ1) is 9.43. The average molecular weight is 313 g/mol. The Hall–Kier alpha value is -0.800. The summed E-state index contributed by atoms with van der Waals surface area (Å²) in [5.74, 6) is 0. The number of nitrogens with one attached hydrogen (secondary N) is 2. The molecule has 0 aliphatic rings. The molecule has 0 saturated heterocycles. The summed E-state index contributed by atoms with van der Waals surface area (Å²) in [5, 5.41) is 7.89. The van der Waals surface area contributed by atoms with E-state index in [1.165, 1.54) is 19.3 Å². The Morgan fingerprint density at radius 3 is 2.60 bits per heavy atom. The molecule has 1 rings (SSSR count). The maximum absolute atomic E-state index is 6.27. The van der Waals surface area contributed by atoms with E-state index >= 15 is 0 Å². The van der Waals surface area contributed by atoms with Gasteiger partial charge in [0, 0.05) is 6.04 Å². The molecule has 0 amide bonds. The average Bonchev–Trinajstić information content (AvgIpc) is 2.34. The number of hydrogen-bond donors (Lipinski definition) is 2. The van der Waals surface area contributed by atoms with Gasteiger partial charge in [0.05, 0.1) is 10.7 Å². The maximum atomic E-state index is 6.27. The SMILES string of the molecule is CCCCC[C@@H](C)NC(=S)Nc1c(C)cc(C)cc1Cl. The Morgan fingerprint density at radius 2 is 2.00 bits per heavy atom. The minimum absolute atomic E-state index is 0.381. The van der Waals surface area contributed by atoms with Crippen molar-refractivity contribution in [1.82, 2.24) is 5.32 Å². The van der Waals surface area contributed by atoms with Gasteiger partial charge in [0.15, 0.2) is 5.11 Å². The Balaban J connectivity index is 2.54. The summed E-state index contributed by atoms with van der Waals surface area (Å²) >= 11 is 11.6. The molecule has 0 aliphatic carbocycles. The van der Waals surface area contributed by atoms with Crippen molar-refractivity contribution in [2.24, 2.45) is 0 Å². The fourth-order valence-corrected chi connectivity index (χ4v) is 2.89. The quantitative estimate of drug-likeness (QED) is 0.557. The van der Waals surface area contributed by atoms with Crippen molar-refractivity contribution in [1.29, 1.82) is 0 Å². The molecule has 0 aliphatic heterocycles. The lowest BCUT2D eigenvalue weighted by Crippen LogP contribution is -2.36. The highest BCUT2D eigenvalue weighted by Crippen LogP contribution is 2.27. The Bertz CT molecular complexity index is 437. The number of rotatable bonds is 6. The largest absolute Gasteiger partial charge is 0.360 e. The molecule has 1 aromatic carbocycles. The molecule has 0 saturated carbocycles. The standard InChI is InChI=1S/C16H25ClN2S/c1-5-6-7-8-13(4)18-16(20)19-15-12(3)9-11(2)10-14(15)17/h9-10,13H,5-8H2,1-4H3,(H2,18,19,20)/t13-/m1/s1. The van der Waals surface area contributed by atoms with Crippen LogP contribution >= 0.6 is 23.8 Å². The van der Waals surface area contributed by atoms with E-state index in [1.807, 2.05) is 19.9 Å². The summed E-state index contributed by atoms with van der Waals surface area (Å²) in [6.45, 7) is 8.45. The maximum Gasteiger partial charge on any atom is 0.171 e. The van der Waals surface area contributed by atoms with Gasteiger partial charge in [-0.2, -0.15) is 0 Å². The van der Waals surface area contributed by atoms with Gasteiger partial charge in [-0.05, 0) is 56.6 Å². The molecule has 1 atom stereocenters. The van der Waals surface area contributed by atoms with Crippen LogP contribution < -0.4 is 10.6 Å². The smallest absolute Gasteiger partial charge is 0.171 e. The zero-order chi connectivity index (χ0) is 15.1. The summed E-state index contributed by atoms with van der Waals surface area (Å²) in [7, 11) is 0. The minimum atomic E-state index is 0.381. The van der Waals surface area contributed by atoms with Crippen molar-refractivity contribution in [3.05, 3.63) is 28.3 Å². The Kier molecular flexibility index (Phi) is 7.31. The van der Waals surface area contributed by atoms with Gasteiger partial charge < -0.3 is 10.6 Å². The molecule has 4 heteroatoms. The molecule has 1 aromatic rings. The Morgan fingerprint density at radius 1 is 1.30 bits per heavy atom. The van der Waals surface area contributed by atoms with Crippen LogP contribution in [0.25, 0.3) is 0 Å². The van der Waals surface area contributed by atoms with Crippen LogP contribution in [-0.4, -0.2) is 11.2 Å². The van der Waals surface area contributed by atoms with Gasteiger partial charge in [-0.25, -0.2) is 0 Å². The predicted octanol–water partition coefficient (Wildman–Crippen LogP) is 5.21. The van der Waals surface area contributed by atoms with Crippen LogP contribution in [0.1, 0.15) is 50.7 Å².